The van der Waals surface area contributed by atoms with Gasteiger partial charge < -0.3 is 5.43 Å². The maximum absolute atomic E-state index is 11.9. The first-order valence-electron chi connectivity index (χ1n) is 5.06. The normalized spacial score (nSPS) is 11.4. The third-order valence-corrected chi connectivity index (χ3v) is 4.47. The molecule has 0 aliphatic carbocycles. The van der Waals surface area contributed by atoms with Crippen molar-refractivity contribution in [2.75, 3.05) is 5.43 Å². The largest absolute Gasteiger partial charge is 0.308 e. The van der Waals surface area contributed by atoms with Crippen molar-refractivity contribution in [3.8, 4) is 0 Å². The Morgan fingerprint density at radius 3 is 2.72 bits per heavy atom. The monoisotopic (exact) mass is 284 g/mol. The van der Waals surface area contributed by atoms with Crippen LogP contribution < -0.4 is 16.0 Å². The molecule has 0 amide bonds. The number of pyridine rings is 1. The number of aromatic nitrogens is 1. The van der Waals surface area contributed by atoms with Crippen LogP contribution in [0.2, 0.25) is 0 Å². The van der Waals surface area contributed by atoms with Crippen LogP contribution in [0.25, 0.3) is 0 Å². The lowest BCUT2D eigenvalue weighted by Gasteiger charge is -2.06. The van der Waals surface area contributed by atoms with Crippen molar-refractivity contribution in [1.29, 1.82) is 0 Å². The standard InChI is InChI=1S/C10H12N4O2S2/c11-14-10-4-3-9(7-12-10)18(15,16)13-6-8-2-1-5-17-8/h1-5,7,13H,6,11H2,(H,12,14). The molecule has 0 unspecified atom stereocenters. The number of nitrogens with one attached hydrogen (secondary N) is 2. The summed E-state index contributed by atoms with van der Waals surface area (Å²) in [6, 6.07) is 6.68. The third-order valence-electron chi connectivity index (χ3n) is 2.21. The highest BCUT2D eigenvalue weighted by atomic mass is 32.2. The molecular formula is C10H12N4O2S2. The van der Waals surface area contributed by atoms with Crippen LogP contribution in [0.3, 0.4) is 0 Å². The van der Waals surface area contributed by atoms with Gasteiger partial charge in [-0.15, -0.1) is 11.3 Å². The van der Waals surface area contributed by atoms with Gasteiger partial charge in [-0.3, -0.25) is 0 Å². The molecule has 0 atom stereocenters. The van der Waals surface area contributed by atoms with Crippen LogP contribution in [-0.4, -0.2) is 13.4 Å². The zero-order chi connectivity index (χ0) is 13.0. The summed E-state index contributed by atoms with van der Waals surface area (Å²) in [6.45, 7) is 0.275. The van der Waals surface area contributed by atoms with Gasteiger partial charge in [-0.2, -0.15) is 0 Å². The van der Waals surface area contributed by atoms with Crippen molar-refractivity contribution < 1.29 is 8.42 Å². The van der Waals surface area contributed by atoms with Gasteiger partial charge in [0.2, 0.25) is 10.0 Å². The van der Waals surface area contributed by atoms with Crippen LogP contribution in [0.15, 0.2) is 40.7 Å². The molecule has 0 saturated carbocycles. The van der Waals surface area contributed by atoms with Gasteiger partial charge >= 0.3 is 0 Å². The Balaban J connectivity index is 2.09. The van der Waals surface area contributed by atoms with E-state index in [1.165, 1.54) is 29.7 Å². The third kappa shape index (κ3) is 3.05. The van der Waals surface area contributed by atoms with Crippen LogP contribution >= 0.6 is 11.3 Å². The van der Waals surface area contributed by atoms with Crippen molar-refractivity contribution in [3.63, 3.8) is 0 Å². The van der Waals surface area contributed by atoms with E-state index in [9.17, 15) is 8.42 Å². The van der Waals surface area contributed by atoms with E-state index in [-0.39, 0.29) is 11.4 Å². The zero-order valence-electron chi connectivity index (χ0n) is 9.33. The summed E-state index contributed by atoms with van der Waals surface area (Å²) >= 11 is 1.50. The highest BCUT2D eigenvalue weighted by Gasteiger charge is 2.14. The van der Waals surface area contributed by atoms with Gasteiger partial charge in [0.1, 0.15) is 10.7 Å². The van der Waals surface area contributed by atoms with Crippen LogP contribution in [0.4, 0.5) is 5.82 Å². The smallest absolute Gasteiger partial charge is 0.242 e. The van der Waals surface area contributed by atoms with E-state index < -0.39 is 10.0 Å². The average Bonchev–Trinajstić information content (AvgIpc) is 2.90. The van der Waals surface area contributed by atoms with Crippen molar-refractivity contribution in [3.05, 3.63) is 40.7 Å². The fraction of sp³-hybridized carbons (Fsp3) is 0.100. The second kappa shape index (κ2) is 5.44. The van der Waals surface area contributed by atoms with Crippen molar-refractivity contribution in [2.24, 2.45) is 5.84 Å². The molecular weight excluding hydrogens is 272 g/mol. The van der Waals surface area contributed by atoms with Crippen LogP contribution in [0.5, 0.6) is 0 Å². The fourth-order valence-electron chi connectivity index (χ4n) is 1.29. The molecule has 0 aromatic carbocycles. The highest BCUT2D eigenvalue weighted by Crippen LogP contribution is 2.12. The molecule has 2 heterocycles. The van der Waals surface area contributed by atoms with E-state index in [2.05, 4.69) is 15.1 Å². The van der Waals surface area contributed by atoms with Crippen LogP contribution in [0.1, 0.15) is 4.88 Å². The topological polar surface area (TPSA) is 97.1 Å². The molecule has 0 bridgehead atoms. The number of hydrogen-bond acceptors (Lipinski definition) is 6. The van der Waals surface area contributed by atoms with Crippen molar-refractivity contribution >= 4 is 27.2 Å². The van der Waals surface area contributed by atoms with Gasteiger partial charge in [0.05, 0.1) is 0 Å². The quantitative estimate of drug-likeness (QED) is 0.560. The number of thiophene rings is 1. The summed E-state index contributed by atoms with van der Waals surface area (Å²) in [5, 5.41) is 1.90. The molecule has 6 nitrogen and oxygen atoms in total. The number of hydrogen-bond donors (Lipinski definition) is 3. The first-order chi connectivity index (χ1) is 8.62. The van der Waals surface area contributed by atoms with E-state index in [4.69, 9.17) is 5.84 Å². The molecule has 0 fully saturated rings. The molecule has 2 aromatic rings. The fourth-order valence-corrected chi connectivity index (χ4v) is 2.97. The number of sulfonamides is 1. The molecule has 0 saturated heterocycles. The second-order valence-electron chi connectivity index (χ2n) is 3.43. The molecule has 0 spiro atoms. The number of nitrogens with zero attached hydrogens (tertiary/aromatic N) is 1. The SMILES string of the molecule is NNc1ccc(S(=O)(=O)NCc2cccs2)cn1. The molecule has 0 aliphatic rings. The first kappa shape index (κ1) is 13.0. The van der Waals surface area contributed by atoms with E-state index in [1.54, 1.807) is 0 Å². The Morgan fingerprint density at radius 2 is 2.17 bits per heavy atom. The predicted molar refractivity (Wildman–Crippen MR) is 70.4 cm³/mol. The van der Waals surface area contributed by atoms with E-state index in [0.717, 1.165) is 4.88 Å². The maximum Gasteiger partial charge on any atom is 0.242 e. The Hall–Kier alpha value is -1.48. The molecule has 18 heavy (non-hydrogen) atoms. The van der Waals surface area contributed by atoms with E-state index >= 15 is 0 Å². The molecule has 0 radical (unpaired) electrons. The molecule has 2 aromatic heterocycles. The molecule has 96 valence electrons. The summed E-state index contributed by atoms with van der Waals surface area (Å²) in [6.07, 6.45) is 1.26. The molecule has 2 rings (SSSR count). The number of nitrogens with two attached hydrogens (primary N) is 1. The van der Waals surface area contributed by atoms with Gasteiger partial charge in [0.25, 0.3) is 0 Å². The van der Waals surface area contributed by atoms with Crippen LogP contribution in [-0.2, 0) is 16.6 Å². The van der Waals surface area contributed by atoms with Crippen molar-refractivity contribution in [2.45, 2.75) is 11.4 Å². The van der Waals surface area contributed by atoms with E-state index in [0.29, 0.717) is 5.82 Å². The maximum atomic E-state index is 11.9. The molecule has 8 heteroatoms. The Bertz CT molecular complexity index is 593. The van der Waals surface area contributed by atoms with Gasteiger partial charge in [0.15, 0.2) is 0 Å². The number of hydrazine groups is 1. The minimum atomic E-state index is -3.54. The number of nitrogen functional groups attached to an aromatic ring is 1. The van der Waals surface area contributed by atoms with Gasteiger partial charge in [0, 0.05) is 17.6 Å². The minimum absolute atomic E-state index is 0.109. The lowest BCUT2D eigenvalue weighted by Crippen LogP contribution is -2.23. The van der Waals surface area contributed by atoms with E-state index in [1.807, 2.05) is 17.5 Å². The summed E-state index contributed by atoms with van der Waals surface area (Å²) in [4.78, 5) is 4.92. The summed E-state index contributed by atoms with van der Waals surface area (Å²) in [5.41, 5.74) is 2.34. The Kier molecular flexibility index (Phi) is 3.92. The first-order valence-corrected chi connectivity index (χ1v) is 7.43. The number of rotatable bonds is 5. The second-order valence-corrected chi connectivity index (χ2v) is 6.23. The van der Waals surface area contributed by atoms with Crippen LogP contribution in [0, 0.1) is 0 Å². The highest BCUT2D eigenvalue weighted by molar-refractivity contribution is 7.89. The average molecular weight is 284 g/mol. The number of anilines is 1. The summed E-state index contributed by atoms with van der Waals surface area (Å²) in [7, 11) is -3.54. The van der Waals surface area contributed by atoms with Gasteiger partial charge in [-0.25, -0.2) is 24.0 Å². The lowest BCUT2D eigenvalue weighted by atomic mass is 10.5. The van der Waals surface area contributed by atoms with Gasteiger partial charge in [-0.1, -0.05) is 6.07 Å². The Morgan fingerprint density at radius 1 is 1.33 bits per heavy atom. The predicted octanol–water partition coefficient (Wildman–Crippen LogP) is 0.907. The summed E-state index contributed by atoms with van der Waals surface area (Å²) < 4.78 is 26.4. The lowest BCUT2D eigenvalue weighted by molar-refractivity contribution is 0.581. The molecule has 4 N–H and O–H groups in total. The zero-order valence-corrected chi connectivity index (χ0v) is 11.0. The molecule has 0 aliphatic heterocycles. The van der Waals surface area contributed by atoms with Crippen molar-refractivity contribution in [1.82, 2.24) is 9.71 Å². The van der Waals surface area contributed by atoms with Gasteiger partial charge in [-0.05, 0) is 23.6 Å². The minimum Gasteiger partial charge on any atom is -0.308 e. The summed E-state index contributed by atoms with van der Waals surface area (Å²) in [5.74, 6) is 5.57. The Labute approximate surface area is 109 Å².